The lowest BCUT2D eigenvalue weighted by molar-refractivity contribution is 0.129. The van der Waals surface area contributed by atoms with Crippen molar-refractivity contribution in [2.24, 2.45) is 4.99 Å². The molecular weight excluding hydrogens is 403 g/mol. The molecule has 0 bridgehead atoms. The lowest BCUT2D eigenvalue weighted by Gasteiger charge is -2.12. The zero-order valence-electron chi connectivity index (χ0n) is 14.0. The summed E-state index contributed by atoms with van der Waals surface area (Å²) >= 11 is 0. The number of nitrogens with zero attached hydrogens (tertiary/aromatic N) is 2. The smallest absolute Gasteiger partial charge is 0.191 e. The standard InChI is InChI=1S/C17H26N4O.HI/c1-3-4-10-22-11-6-9-20-17(19-2)21-14-16-8-5-7-15(12-16)13-18;/h5,7-8,12H,3-4,6,9-11,14H2,1-2H3,(H2,19,20,21);1H. The Morgan fingerprint density at radius 3 is 2.74 bits per heavy atom. The molecule has 5 nitrogen and oxygen atoms in total. The molecule has 0 aliphatic heterocycles. The number of nitrogens with one attached hydrogen (secondary N) is 2. The van der Waals surface area contributed by atoms with E-state index in [1.165, 1.54) is 6.42 Å². The molecule has 0 unspecified atom stereocenters. The van der Waals surface area contributed by atoms with Crippen molar-refractivity contribution in [1.82, 2.24) is 10.6 Å². The van der Waals surface area contributed by atoms with Crippen LogP contribution in [0.4, 0.5) is 0 Å². The van der Waals surface area contributed by atoms with Crippen molar-refractivity contribution in [2.45, 2.75) is 32.7 Å². The minimum atomic E-state index is 0. The molecule has 0 heterocycles. The number of halogens is 1. The summed E-state index contributed by atoms with van der Waals surface area (Å²) in [6.45, 7) is 5.24. The van der Waals surface area contributed by atoms with E-state index in [1.54, 1.807) is 13.1 Å². The van der Waals surface area contributed by atoms with E-state index in [0.29, 0.717) is 12.1 Å². The van der Waals surface area contributed by atoms with Crippen molar-refractivity contribution < 1.29 is 4.74 Å². The molecule has 1 aromatic carbocycles. The summed E-state index contributed by atoms with van der Waals surface area (Å²) in [5, 5.41) is 15.4. The molecular formula is C17H27IN4O. The molecule has 1 aromatic rings. The lowest BCUT2D eigenvalue weighted by atomic mass is 10.1. The third kappa shape index (κ3) is 10.1. The molecule has 1 rings (SSSR count). The van der Waals surface area contributed by atoms with Gasteiger partial charge in [0.05, 0.1) is 11.6 Å². The Morgan fingerprint density at radius 2 is 2.04 bits per heavy atom. The molecule has 0 aromatic heterocycles. The average molecular weight is 430 g/mol. The molecule has 0 aliphatic rings. The highest BCUT2D eigenvalue weighted by Crippen LogP contribution is 2.03. The molecule has 0 amide bonds. The van der Waals surface area contributed by atoms with Gasteiger partial charge in [0.2, 0.25) is 0 Å². The highest BCUT2D eigenvalue weighted by atomic mass is 127. The van der Waals surface area contributed by atoms with Gasteiger partial charge in [0.25, 0.3) is 0 Å². The topological polar surface area (TPSA) is 69.4 Å². The molecule has 0 spiro atoms. The van der Waals surface area contributed by atoms with E-state index in [0.717, 1.165) is 44.1 Å². The van der Waals surface area contributed by atoms with Crippen molar-refractivity contribution in [3.05, 3.63) is 35.4 Å². The van der Waals surface area contributed by atoms with E-state index in [4.69, 9.17) is 10.00 Å². The first kappa shape index (κ1) is 21.7. The predicted octanol–water partition coefficient (Wildman–Crippen LogP) is 3.05. The van der Waals surface area contributed by atoms with Gasteiger partial charge >= 0.3 is 0 Å². The first-order chi connectivity index (χ1) is 10.8. The predicted molar refractivity (Wildman–Crippen MR) is 105 cm³/mol. The normalized spacial score (nSPS) is 10.6. The molecule has 0 saturated carbocycles. The van der Waals surface area contributed by atoms with Crippen LogP contribution in [0.5, 0.6) is 0 Å². The molecule has 2 N–H and O–H groups in total. The summed E-state index contributed by atoms with van der Waals surface area (Å²) in [6.07, 6.45) is 3.24. The third-order valence-electron chi connectivity index (χ3n) is 3.14. The first-order valence-corrected chi connectivity index (χ1v) is 7.81. The van der Waals surface area contributed by atoms with Crippen LogP contribution in [0.25, 0.3) is 0 Å². The Morgan fingerprint density at radius 1 is 1.26 bits per heavy atom. The van der Waals surface area contributed by atoms with Gasteiger partial charge in [-0.05, 0) is 30.5 Å². The summed E-state index contributed by atoms with van der Waals surface area (Å²) < 4.78 is 5.51. The van der Waals surface area contributed by atoms with Crippen LogP contribution in [-0.2, 0) is 11.3 Å². The quantitative estimate of drug-likeness (QED) is 0.274. The van der Waals surface area contributed by atoms with Gasteiger partial charge in [-0.3, -0.25) is 4.99 Å². The van der Waals surface area contributed by atoms with Gasteiger partial charge in [0.15, 0.2) is 5.96 Å². The Bertz CT molecular complexity index is 500. The monoisotopic (exact) mass is 430 g/mol. The van der Waals surface area contributed by atoms with Gasteiger partial charge < -0.3 is 15.4 Å². The highest BCUT2D eigenvalue weighted by Gasteiger charge is 1.99. The van der Waals surface area contributed by atoms with Gasteiger partial charge in [-0.1, -0.05) is 25.5 Å². The fourth-order valence-electron chi connectivity index (χ4n) is 1.89. The number of benzene rings is 1. The average Bonchev–Trinajstić information content (AvgIpc) is 2.57. The maximum atomic E-state index is 8.89. The van der Waals surface area contributed by atoms with Crippen molar-refractivity contribution in [3.63, 3.8) is 0 Å². The maximum absolute atomic E-state index is 8.89. The number of hydrogen-bond acceptors (Lipinski definition) is 3. The number of ether oxygens (including phenoxy) is 1. The second-order valence-corrected chi connectivity index (χ2v) is 4.98. The minimum absolute atomic E-state index is 0. The Labute approximate surface area is 156 Å². The summed E-state index contributed by atoms with van der Waals surface area (Å²) in [4.78, 5) is 4.18. The number of guanidine groups is 1. The molecule has 128 valence electrons. The van der Waals surface area contributed by atoms with Crippen LogP contribution in [0.2, 0.25) is 0 Å². The fourth-order valence-corrected chi connectivity index (χ4v) is 1.89. The van der Waals surface area contributed by atoms with Crippen LogP contribution in [0.1, 0.15) is 37.3 Å². The summed E-state index contributed by atoms with van der Waals surface area (Å²) in [6, 6.07) is 9.70. The fraction of sp³-hybridized carbons (Fsp3) is 0.529. The van der Waals surface area contributed by atoms with E-state index in [2.05, 4.69) is 28.6 Å². The zero-order chi connectivity index (χ0) is 16.0. The van der Waals surface area contributed by atoms with Gasteiger partial charge in [0, 0.05) is 33.4 Å². The Balaban J connectivity index is 0.00000484. The van der Waals surface area contributed by atoms with E-state index in [-0.39, 0.29) is 24.0 Å². The second-order valence-electron chi connectivity index (χ2n) is 4.98. The lowest BCUT2D eigenvalue weighted by Crippen LogP contribution is -2.37. The number of nitriles is 1. The zero-order valence-corrected chi connectivity index (χ0v) is 16.3. The highest BCUT2D eigenvalue weighted by molar-refractivity contribution is 14.0. The number of hydrogen-bond donors (Lipinski definition) is 2. The molecule has 6 heteroatoms. The Hall–Kier alpha value is -1.33. The third-order valence-corrected chi connectivity index (χ3v) is 3.14. The largest absolute Gasteiger partial charge is 0.381 e. The second kappa shape index (κ2) is 14.3. The molecule has 0 radical (unpaired) electrons. The van der Waals surface area contributed by atoms with Crippen LogP contribution in [0.3, 0.4) is 0 Å². The van der Waals surface area contributed by atoms with Crippen molar-refractivity contribution in [3.8, 4) is 6.07 Å². The van der Waals surface area contributed by atoms with Crippen LogP contribution in [0.15, 0.2) is 29.3 Å². The van der Waals surface area contributed by atoms with Gasteiger partial charge in [-0.25, -0.2) is 0 Å². The molecule has 0 atom stereocenters. The van der Waals surface area contributed by atoms with Crippen LogP contribution >= 0.6 is 24.0 Å². The van der Waals surface area contributed by atoms with Crippen molar-refractivity contribution in [2.75, 3.05) is 26.8 Å². The van der Waals surface area contributed by atoms with Crippen molar-refractivity contribution in [1.29, 1.82) is 5.26 Å². The first-order valence-electron chi connectivity index (χ1n) is 7.81. The van der Waals surface area contributed by atoms with Gasteiger partial charge in [-0.2, -0.15) is 5.26 Å². The van der Waals surface area contributed by atoms with Crippen LogP contribution < -0.4 is 10.6 Å². The molecule has 0 aliphatic carbocycles. The van der Waals surface area contributed by atoms with E-state index in [9.17, 15) is 0 Å². The molecule has 0 fully saturated rings. The van der Waals surface area contributed by atoms with Crippen molar-refractivity contribution >= 4 is 29.9 Å². The number of rotatable bonds is 9. The van der Waals surface area contributed by atoms with E-state index in [1.807, 2.05) is 18.2 Å². The van der Waals surface area contributed by atoms with E-state index < -0.39 is 0 Å². The number of unbranched alkanes of at least 4 members (excludes halogenated alkanes) is 1. The maximum Gasteiger partial charge on any atom is 0.191 e. The summed E-state index contributed by atoms with van der Waals surface area (Å²) in [5.41, 5.74) is 1.73. The van der Waals surface area contributed by atoms with Gasteiger partial charge in [-0.15, -0.1) is 24.0 Å². The van der Waals surface area contributed by atoms with E-state index >= 15 is 0 Å². The molecule has 23 heavy (non-hydrogen) atoms. The Kier molecular flexibility index (Phi) is 13.4. The molecule has 0 saturated heterocycles. The summed E-state index contributed by atoms with van der Waals surface area (Å²) in [5.74, 6) is 0.760. The van der Waals surface area contributed by atoms with Gasteiger partial charge in [0.1, 0.15) is 0 Å². The van der Waals surface area contributed by atoms with Crippen LogP contribution in [-0.4, -0.2) is 32.8 Å². The SMILES string of the molecule is CCCCOCCCNC(=NC)NCc1cccc(C#N)c1.I. The minimum Gasteiger partial charge on any atom is -0.381 e. The number of aliphatic imine (C=N–C) groups is 1. The summed E-state index contributed by atoms with van der Waals surface area (Å²) in [7, 11) is 1.75. The van der Waals surface area contributed by atoms with Crippen LogP contribution in [0, 0.1) is 11.3 Å².